The molecule has 1 aromatic carbocycles. The molecule has 0 radical (unpaired) electrons. The zero-order valence-electron chi connectivity index (χ0n) is 9.94. The van der Waals surface area contributed by atoms with Gasteiger partial charge in [0.25, 0.3) is 0 Å². The van der Waals surface area contributed by atoms with Gasteiger partial charge in [-0.25, -0.2) is 0 Å². The van der Waals surface area contributed by atoms with Crippen LogP contribution in [0, 0.1) is 6.92 Å². The van der Waals surface area contributed by atoms with Crippen LogP contribution in [0.3, 0.4) is 0 Å². The Morgan fingerprint density at radius 3 is 2.33 bits per heavy atom. The van der Waals surface area contributed by atoms with Gasteiger partial charge in [0.05, 0.1) is 6.67 Å². The first kappa shape index (κ1) is 12.2. The minimum atomic E-state index is -0.534. The summed E-state index contributed by atoms with van der Waals surface area (Å²) in [5, 5.41) is 10.1. The lowest BCUT2D eigenvalue weighted by atomic mass is 10.1. The third-order valence-corrected chi connectivity index (χ3v) is 2.39. The fraction of sp³-hybridized carbons (Fsp3) is 0.500. The molecule has 0 aliphatic carbocycles. The van der Waals surface area contributed by atoms with Gasteiger partial charge in [-0.1, -0.05) is 24.3 Å². The average Bonchev–Trinajstić information content (AvgIpc) is 2.16. The molecule has 0 bridgehead atoms. The Balaban J connectivity index is 2.76. The second-order valence-electron chi connectivity index (χ2n) is 4.21. The van der Waals surface area contributed by atoms with Crippen LogP contribution in [-0.2, 0) is 0 Å². The molecular weight excluding hydrogens is 188 g/mol. The van der Waals surface area contributed by atoms with Crippen LogP contribution in [0.1, 0.15) is 17.4 Å². The number of aliphatic hydroxyl groups excluding tert-OH is 1. The summed E-state index contributed by atoms with van der Waals surface area (Å²) in [6, 6.07) is 7.92. The highest BCUT2D eigenvalue weighted by Crippen LogP contribution is 2.19. The van der Waals surface area contributed by atoms with Gasteiger partial charge in [0.2, 0.25) is 0 Å². The summed E-state index contributed by atoms with van der Waals surface area (Å²) in [5.41, 5.74) is 2.09. The number of benzene rings is 1. The van der Waals surface area contributed by atoms with Crippen LogP contribution in [0.2, 0.25) is 0 Å². The minimum Gasteiger partial charge on any atom is -0.374 e. The molecule has 1 unspecified atom stereocenters. The third-order valence-electron chi connectivity index (χ3n) is 2.39. The van der Waals surface area contributed by atoms with Crippen molar-refractivity contribution in [1.29, 1.82) is 0 Å². The Morgan fingerprint density at radius 1 is 1.20 bits per heavy atom. The van der Waals surface area contributed by atoms with E-state index in [4.69, 9.17) is 0 Å². The number of hydrogen-bond donors (Lipinski definition) is 1. The predicted octanol–water partition coefficient (Wildman–Crippen LogP) is 1.44. The third kappa shape index (κ3) is 3.30. The van der Waals surface area contributed by atoms with Gasteiger partial charge in [0.15, 0.2) is 0 Å². The summed E-state index contributed by atoms with van der Waals surface area (Å²) < 4.78 is 0. The summed E-state index contributed by atoms with van der Waals surface area (Å²) in [7, 11) is 5.89. The van der Waals surface area contributed by atoms with Crippen molar-refractivity contribution in [2.24, 2.45) is 0 Å². The lowest BCUT2D eigenvalue weighted by molar-refractivity contribution is -0.00484. The zero-order valence-corrected chi connectivity index (χ0v) is 9.94. The van der Waals surface area contributed by atoms with Gasteiger partial charge in [-0.05, 0) is 39.2 Å². The smallest absolute Gasteiger partial charge is 0.134 e. The average molecular weight is 208 g/mol. The predicted molar refractivity (Wildman–Crippen MR) is 62.5 cm³/mol. The topological polar surface area (TPSA) is 26.7 Å². The van der Waals surface area contributed by atoms with Crippen LogP contribution in [0.5, 0.6) is 0 Å². The van der Waals surface area contributed by atoms with Gasteiger partial charge < -0.3 is 5.11 Å². The molecule has 1 atom stereocenters. The minimum absolute atomic E-state index is 0.534. The Bertz CT molecular complexity index is 312. The standard InChI is InChI=1S/C12H20N2O/c1-10-7-5-6-8-11(10)12(15)14(4)9-13(2)3/h5-8,12,15H,9H2,1-4H3. The van der Waals surface area contributed by atoms with Gasteiger partial charge in [-0.15, -0.1) is 0 Å². The molecule has 0 aromatic heterocycles. The molecule has 0 aliphatic heterocycles. The summed E-state index contributed by atoms with van der Waals surface area (Å²) in [6.45, 7) is 2.75. The van der Waals surface area contributed by atoms with E-state index in [9.17, 15) is 5.11 Å². The Hall–Kier alpha value is -0.900. The van der Waals surface area contributed by atoms with Crippen molar-refractivity contribution >= 4 is 0 Å². The van der Waals surface area contributed by atoms with E-state index < -0.39 is 6.23 Å². The Kier molecular flexibility index (Phi) is 4.27. The van der Waals surface area contributed by atoms with E-state index in [-0.39, 0.29) is 0 Å². The summed E-state index contributed by atoms with van der Waals surface area (Å²) in [4.78, 5) is 3.93. The van der Waals surface area contributed by atoms with Gasteiger partial charge in [0.1, 0.15) is 6.23 Å². The highest BCUT2D eigenvalue weighted by molar-refractivity contribution is 5.27. The first-order valence-corrected chi connectivity index (χ1v) is 5.11. The molecular formula is C12H20N2O. The number of aliphatic hydroxyl groups is 1. The molecule has 0 amide bonds. The molecule has 1 N–H and O–H groups in total. The molecule has 0 aliphatic rings. The van der Waals surface area contributed by atoms with E-state index in [0.717, 1.165) is 17.8 Å². The van der Waals surface area contributed by atoms with Crippen LogP contribution in [0.4, 0.5) is 0 Å². The van der Waals surface area contributed by atoms with Crippen LogP contribution < -0.4 is 0 Å². The maximum Gasteiger partial charge on any atom is 0.134 e. The molecule has 0 saturated heterocycles. The van der Waals surface area contributed by atoms with E-state index in [1.54, 1.807) is 0 Å². The largest absolute Gasteiger partial charge is 0.374 e. The number of hydrogen-bond acceptors (Lipinski definition) is 3. The van der Waals surface area contributed by atoms with Crippen molar-refractivity contribution in [2.45, 2.75) is 13.2 Å². The van der Waals surface area contributed by atoms with E-state index in [2.05, 4.69) is 0 Å². The van der Waals surface area contributed by atoms with E-state index >= 15 is 0 Å². The fourth-order valence-electron chi connectivity index (χ4n) is 1.64. The molecule has 84 valence electrons. The van der Waals surface area contributed by atoms with Crippen molar-refractivity contribution in [3.63, 3.8) is 0 Å². The lowest BCUT2D eigenvalue weighted by Crippen LogP contribution is -2.33. The van der Waals surface area contributed by atoms with E-state index in [1.165, 1.54) is 0 Å². The number of aryl methyl sites for hydroxylation is 1. The highest BCUT2D eigenvalue weighted by atomic mass is 16.3. The SMILES string of the molecule is Cc1ccccc1C(O)N(C)CN(C)C. The number of nitrogens with zero attached hydrogens (tertiary/aromatic N) is 2. The Morgan fingerprint density at radius 2 is 1.80 bits per heavy atom. The van der Waals surface area contributed by atoms with Gasteiger partial charge in [0, 0.05) is 0 Å². The second-order valence-corrected chi connectivity index (χ2v) is 4.21. The van der Waals surface area contributed by atoms with Crippen LogP contribution >= 0.6 is 0 Å². The van der Waals surface area contributed by atoms with Crippen LogP contribution in [0.15, 0.2) is 24.3 Å². The van der Waals surface area contributed by atoms with Gasteiger partial charge >= 0.3 is 0 Å². The van der Waals surface area contributed by atoms with Gasteiger partial charge in [-0.3, -0.25) is 9.80 Å². The Labute approximate surface area is 91.9 Å². The molecule has 1 aromatic rings. The molecule has 0 fully saturated rings. The van der Waals surface area contributed by atoms with E-state index in [0.29, 0.717) is 0 Å². The lowest BCUT2D eigenvalue weighted by Gasteiger charge is -2.27. The summed E-state index contributed by atoms with van der Waals surface area (Å²) in [5.74, 6) is 0. The second kappa shape index (κ2) is 5.26. The molecule has 15 heavy (non-hydrogen) atoms. The molecule has 0 saturated carbocycles. The quantitative estimate of drug-likeness (QED) is 0.758. The normalized spacial score (nSPS) is 13.5. The molecule has 3 nitrogen and oxygen atoms in total. The fourth-order valence-corrected chi connectivity index (χ4v) is 1.64. The zero-order chi connectivity index (χ0) is 11.4. The summed E-state index contributed by atoms with van der Waals surface area (Å²) >= 11 is 0. The first-order chi connectivity index (χ1) is 7.02. The number of rotatable bonds is 4. The van der Waals surface area contributed by atoms with Crippen molar-refractivity contribution in [3.8, 4) is 0 Å². The van der Waals surface area contributed by atoms with Gasteiger partial charge in [-0.2, -0.15) is 0 Å². The molecule has 3 heteroatoms. The van der Waals surface area contributed by atoms with Crippen molar-refractivity contribution in [3.05, 3.63) is 35.4 Å². The first-order valence-electron chi connectivity index (χ1n) is 5.11. The van der Waals surface area contributed by atoms with Crippen molar-refractivity contribution < 1.29 is 5.11 Å². The molecule has 1 rings (SSSR count). The van der Waals surface area contributed by atoms with E-state index in [1.807, 2.05) is 62.1 Å². The van der Waals surface area contributed by atoms with Crippen molar-refractivity contribution in [1.82, 2.24) is 9.80 Å². The van der Waals surface area contributed by atoms with Crippen molar-refractivity contribution in [2.75, 3.05) is 27.8 Å². The summed E-state index contributed by atoms with van der Waals surface area (Å²) in [6.07, 6.45) is -0.534. The molecule has 0 spiro atoms. The maximum atomic E-state index is 10.1. The van der Waals surface area contributed by atoms with Crippen LogP contribution in [-0.4, -0.2) is 42.7 Å². The monoisotopic (exact) mass is 208 g/mol. The molecule has 0 heterocycles. The maximum absolute atomic E-state index is 10.1. The van der Waals surface area contributed by atoms with Crippen LogP contribution in [0.25, 0.3) is 0 Å². The highest BCUT2D eigenvalue weighted by Gasteiger charge is 2.15.